The number of rotatable bonds is 8. The van der Waals surface area contributed by atoms with Crippen molar-refractivity contribution in [3.63, 3.8) is 0 Å². The van der Waals surface area contributed by atoms with Crippen LogP contribution in [0.3, 0.4) is 0 Å². The van der Waals surface area contributed by atoms with E-state index in [1.807, 2.05) is 6.92 Å². The van der Waals surface area contributed by atoms with Gasteiger partial charge in [-0.1, -0.05) is 31.5 Å². The number of carbonyl (C=O) groups excluding carboxylic acids is 2. The molecule has 2 aromatic rings. The lowest BCUT2D eigenvalue weighted by atomic mass is 9.98. The highest BCUT2D eigenvalue weighted by molar-refractivity contribution is 7.91. The van der Waals surface area contributed by atoms with Crippen LogP contribution in [-0.4, -0.2) is 44.2 Å². The van der Waals surface area contributed by atoms with Gasteiger partial charge >= 0.3 is 0 Å². The number of hydrogen-bond acceptors (Lipinski definition) is 5. The van der Waals surface area contributed by atoms with E-state index in [4.69, 9.17) is 0 Å². The average molecular weight is 450 g/mol. The van der Waals surface area contributed by atoms with Crippen LogP contribution in [0.1, 0.15) is 43.0 Å². The minimum absolute atomic E-state index is 0.136. The Morgan fingerprint density at radius 1 is 1.20 bits per heavy atom. The Kier molecular flexibility index (Phi) is 7.63. The fourth-order valence-electron chi connectivity index (χ4n) is 3.41. The van der Waals surface area contributed by atoms with E-state index in [1.165, 1.54) is 15.6 Å². The van der Waals surface area contributed by atoms with Crippen LogP contribution in [0, 0.1) is 5.92 Å². The number of para-hydroxylation sites is 1. The molecule has 3 rings (SSSR count). The maximum Gasteiger partial charge on any atom is 0.253 e. The summed E-state index contributed by atoms with van der Waals surface area (Å²) < 4.78 is 27.3. The van der Waals surface area contributed by atoms with Crippen molar-refractivity contribution in [1.29, 1.82) is 0 Å². The standard InChI is InChI=1S/C21H27N3O4S2/c1-2-3-12-22-21(26)17-9-4-5-10-18(17)23-20(25)16-8-6-13-24(15-16)30(27,28)19-11-7-14-29-19/h4-5,7,9-11,14,16H,2-3,6,8,12-13,15H2,1H3,(H,22,26)(H,23,25)/t16-/m0/s1. The van der Waals surface area contributed by atoms with Gasteiger partial charge in [0.15, 0.2) is 0 Å². The topological polar surface area (TPSA) is 95.6 Å². The Balaban J connectivity index is 1.68. The molecule has 2 heterocycles. The summed E-state index contributed by atoms with van der Waals surface area (Å²) in [5.41, 5.74) is 0.843. The largest absolute Gasteiger partial charge is 0.352 e. The zero-order chi connectivity index (χ0) is 21.6. The molecule has 162 valence electrons. The van der Waals surface area contributed by atoms with Gasteiger partial charge < -0.3 is 10.6 Å². The molecule has 0 bridgehead atoms. The van der Waals surface area contributed by atoms with Crippen molar-refractivity contribution in [2.45, 2.75) is 36.8 Å². The van der Waals surface area contributed by atoms with E-state index in [2.05, 4.69) is 10.6 Å². The molecule has 0 spiro atoms. The van der Waals surface area contributed by atoms with E-state index in [9.17, 15) is 18.0 Å². The summed E-state index contributed by atoms with van der Waals surface area (Å²) in [5.74, 6) is -0.968. The summed E-state index contributed by atoms with van der Waals surface area (Å²) >= 11 is 1.17. The van der Waals surface area contributed by atoms with Gasteiger partial charge in [0.2, 0.25) is 5.91 Å². The summed E-state index contributed by atoms with van der Waals surface area (Å²) in [5, 5.41) is 7.42. The highest BCUT2D eigenvalue weighted by atomic mass is 32.2. The molecule has 30 heavy (non-hydrogen) atoms. The molecule has 0 aliphatic carbocycles. The number of carbonyl (C=O) groups is 2. The molecule has 1 aromatic heterocycles. The van der Waals surface area contributed by atoms with Crippen LogP contribution in [0.25, 0.3) is 0 Å². The third-order valence-corrected chi connectivity index (χ3v) is 8.33. The fourth-order valence-corrected chi connectivity index (χ4v) is 6.08. The molecule has 0 radical (unpaired) electrons. The summed E-state index contributed by atoms with van der Waals surface area (Å²) in [7, 11) is -3.58. The van der Waals surface area contributed by atoms with Gasteiger partial charge in [-0.2, -0.15) is 4.31 Å². The number of hydrogen-bond donors (Lipinski definition) is 2. The van der Waals surface area contributed by atoms with Gasteiger partial charge in [-0.05, 0) is 42.8 Å². The Morgan fingerprint density at radius 3 is 2.73 bits per heavy atom. The quantitative estimate of drug-likeness (QED) is 0.605. The zero-order valence-corrected chi connectivity index (χ0v) is 18.6. The van der Waals surface area contributed by atoms with Crippen LogP contribution in [0.2, 0.25) is 0 Å². The van der Waals surface area contributed by atoms with Crippen LogP contribution in [0.5, 0.6) is 0 Å². The minimum atomic E-state index is -3.58. The number of benzene rings is 1. The van der Waals surface area contributed by atoms with Crippen LogP contribution >= 0.6 is 11.3 Å². The first-order chi connectivity index (χ1) is 14.4. The number of piperidine rings is 1. The summed E-state index contributed by atoms with van der Waals surface area (Å²) in [6.45, 7) is 3.17. The smallest absolute Gasteiger partial charge is 0.253 e. The van der Waals surface area contributed by atoms with Gasteiger partial charge in [0, 0.05) is 19.6 Å². The molecule has 2 N–H and O–H groups in total. The summed E-state index contributed by atoms with van der Waals surface area (Å²) in [6.07, 6.45) is 3.08. The maximum absolute atomic E-state index is 12.9. The predicted molar refractivity (Wildman–Crippen MR) is 118 cm³/mol. The lowest BCUT2D eigenvalue weighted by Gasteiger charge is -2.30. The van der Waals surface area contributed by atoms with Gasteiger partial charge in [-0.15, -0.1) is 11.3 Å². The second-order valence-corrected chi connectivity index (χ2v) is 10.4. The number of thiophene rings is 1. The first kappa shape index (κ1) is 22.5. The van der Waals surface area contributed by atoms with Gasteiger partial charge in [0.1, 0.15) is 4.21 Å². The number of sulfonamides is 1. The third kappa shape index (κ3) is 5.27. The van der Waals surface area contributed by atoms with Crippen LogP contribution < -0.4 is 10.6 Å². The van der Waals surface area contributed by atoms with Crippen molar-refractivity contribution in [3.8, 4) is 0 Å². The molecule has 7 nitrogen and oxygen atoms in total. The van der Waals surface area contributed by atoms with Crippen molar-refractivity contribution in [1.82, 2.24) is 9.62 Å². The molecule has 1 fully saturated rings. The summed E-state index contributed by atoms with van der Waals surface area (Å²) in [4.78, 5) is 25.4. The number of nitrogens with zero attached hydrogens (tertiary/aromatic N) is 1. The van der Waals surface area contributed by atoms with Crippen molar-refractivity contribution in [2.24, 2.45) is 5.92 Å². The lowest BCUT2D eigenvalue weighted by molar-refractivity contribution is -0.120. The summed E-state index contributed by atoms with van der Waals surface area (Å²) in [6, 6.07) is 10.2. The molecule has 9 heteroatoms. The number of anilines is 1. The van der Waals surface area contributed by atoms with E-state index >= 15 is 0 Å². The van der Waals surface area contributed by atoms with E-state index in [1.54, 1.807) is 41.8 Å². The fraction of sp³-hybridized carbons (Fsp3) is 0.429. The molecular formula is C21H27N3O4S2. The second kappa shape index (κ2) is 10.2. The van der Waals surface area contributed by atoms with E-state index < -0.39 is 15.9 Å². The Labute approximate surface area is 181 Å². The molecule has 1 aromatic carbocycles. The van der Waals surface area contributed by atoms with Crippen molar-refractivity contribution >= 4 is 38.9 Å². The Morgan fingerprint density at radius 2 is 2.00 bits per heavy atom. The van der Waals surface area contributed by atoms with Crippen LogP contribution in [-0.2, 0) is 14.8 Å². The minimum Gasteiger partial charge on any atom is -0.352 e. The first-order valence-corrected chi connectivity index (χ1v) is 12.5. The zero-order valence-electron chi connectivity index (χ0n) is 17.0. The van der Waals surface area contributed by atoms with E-state index in [-0.39, 0.29) is 22.6 Å². The van der Waals surface area contributed by atoms with Crippen molar-refractivity contribution in [3.05, 3.63) is 47.3 Å². The molecule has 1 aliphatic heterocycles. The highest BCUT2D eigenvalue weighted by Crippen LogP contribution is 2.27. The number of amides is 2. The van der Waals surface area contributed by atoms with Crippen LogP contribution in [0.4, 0.5) is 5.69 Å². The third-order valence-electron chi connectivity index (χ3n) is 5.09. The van der Waals surface area contributed by atoms with Crippen molar-refractivity contribution in [2.75, 3.05) is 25.0 Å². The normalized spacial score (nSPS) is 17.4. The monoisotopic (exact) mass is 449 g/mol. The molecule has 1 aliphatic rings. The highest BCUT2D eigenvalue weighted by Gasteiger charge is 2.34. The number of unbranched alkanes of at least 4 members (excludes halogenated alkanes) is 1. The van der Waals surface area contributed by atoms with Crippen molar-refractivity contribution < 1.29 is 18.0 Å². The van der Waals surface area contributed by atoms with Gasteiger partial charge in [-0.25, -0.2) is 8.42 Å². The SMILES string of the molecule is CCCCNC(=O)c1ccccc1NC(=O)[C@H]1CCCN(S(=O)(=O)c2cccs2)C1. The second-order valence-electron chi connectivity index (χ2n) is 7.28. The molecule has 0 unspecified atom stereocenters. The van der Waals surface area contributed by atoms with Crippen LogP contribution in [0.15, 0.2) is 46.0 Å². The molecule has 1 atom stereocenters. The van der Waals surface area contributed by atoms with Gasteiger partial charge in [0.05, 0.1) is 17.2 Å². The van der Waals surface area contributed by atoms with Gasteiger partial charge in [-0.3, -0.25) is 9.59 Å². The Bertz CT molecular complexity index is 974. The number of nitrogens with one attached hydrogen (secondary N) is 2. The molecule has 2 amide bonds. The van der Waals surface area contributed by atoms with Gasteiger partial charge in [0.25, 0.3) is 15.9 Å². The molecule has 0 saturated carbocycles. The Hall–Kier alpha value is -2.23. The van der Waals surface area contributed by atoms with E-state index in [0.29, 0.717) is 37.2 Å². The molecule has 1 saturated heterocycles. The lowest BCUT2D eigenvalue weighted by Crippen LogP contribution is -2.43. The average Bonchev–Trinajstić information content (AvgIpc) is 3.30. The van der Waals surface area contributed by atoms with E-state index in [0.717, 1.165) is 12.8 Å². The maximum atomic E-state index is 12.9. The molecular weight excluding hydrogens is 422 g/mol. The predicted octanol–water partition coefficient (Wildman–Crippen LogP) is 3.32. The first-order valence-electron chi connectivity index (χ1n) is 10.1.